The summed E-state index contributed by atoms with van der Waals surface area (Å²) in [6.07, 6.45) is 7.28. The molecule has 0 saturated carbocycles. The number of hydrogen-bond donors (Lipinski definition) is 1. The quantitative estimate of drug-likeness (QED) is 0.393. The molecule has 1 aromatic rings. The molecule has 5 heteroatoms. The van der Waals surface area contributed by atoms with E-state index in [1.165, 1.54) is 0 Å². The lowest BCUT2D eigenvalue weighted by atomic mass is 9.84. The average Bonchev–Trinajstić information content (AvgIpc) is 2.60. The first-order valence-electron chi connectivity index (χ1n) is 9.54. The van der Waals surface area contributed by atoms with Crippen LogP contribution in [0.2, 0.25) is 0 Å². The van der Waals surface area contributed by atoms with E-state index < -0.39 is 0 Å². The topological polar surface area (TPSA) is 72.6 Å². The third-order valence-corrected chi connectivity index (χ3v) is 5.62. The molecule has 1 unspecified atom stereocenters. The molecule has 0 radical (unpaired) electrons. The second kappa shape index (κ2) is 8.11. The second-order valence-electron chi connectivity index (χ2n) is 7.68. The number of nitrogens with zero attached hydrogens (tertiary/aromatic N) is 1. The first-order valence-corrected chi connectivity index (χ1v) is 9.54. The van der Waals surface area contributed by atoms with Crippen molar-refractivity contribution in [2.75, 3.05) is 0 Å². The lowest BCUT2D eigenvalue weighted by molar-refractivity contribution is -0.428. The summed E-state index contributed by atoms with van der Waals surface area (Å²) in [5, 5.41) is 21.3. The Balaban J connectivity index is 2.07. The normalized spacial score (nSPS) is 19.8. The van der Waals surface area contributed by atoms with E-state index in [9.17, 15) is 15.2 Å². The third kappa shape index (κ3) is 4.19. The zero-order chi connectivity index (χ0) is 19.5. The maximum atomic E-state index is 11.0. The molecule has 0 aromatic heterocycles. The molecule has 2 rings (SSSR count). The van der Waals surface area contributed by atoms with Gasteiger partial charge in [0, 0.05) is 12.0 Å². The minimum Gasteiger partial charge on any atom is -0.507 e. The van der Waals surface area contributed by atoms with Crippen molar-refractivity contribution in [1.82, 2.24) is 0 Å². The number of allylic oxidation sites excluding steroid dienone is 2. The Morgan fingerprint density at radius 2 is 2.00 bits per heavy atom. The number of aromatic hydroxyl groups is 1. The minimum atomic E-state index is -0.264. The summed E-state index contributed by atoms with van der Waals surface area (Å²) in [6, 6.07) is 0. The first-order chi connectivity index (χ1) is 12.2. The maximum absolute atomic E-state index is 11.0. The van der Waals surface area contributed by atoms with Crippen molar-refractivity contribution in [3.8, 4) is 11.5 Å². The fraction of sp³-hybridized carbons (Fsp3) is 0.619. The van der Waals surface area contributed by atoms with Crippen LogP contribution < -0.4 is 4.74 Å². The number of rotatable bonds is 7. The first kappa shape index (κ1) is 20.3. The van der Waals surface area contributed by atoms with Gasteiger partial charge < -0.3 is 9.84 Å². The van der Waals surface area contributed by atoms with Crippen molar-refractivity contribution in [3.05, 3.63) is 44.1 Å². The summed E-state index contributed by atoms with van der Waals surface area (Å²) in [5.41, 5.74) is 3.98. The highest BCUT2D eigenvalue weighted by atomic mass is 16.6. The Labute approximate surface area is 156 Å². The van der Waals surface area contributed by atoms with Crippen molar-refractivity contribution in [1.29, 1.82) is 0 Å². The molecule has 0 fully saturated rings. The predicted octanol–water partition coefficient (Wildman–Crippen LogP) is 5.53. The number of ether oxygens (including phenoxy) is 1. The van der Waals surface area contributed by atoms with Gasteiger partial charge in [0.1, 0.15) is 17.1 Å². The fourth-order valence-electron chi connectivity index (χ4n) is 3.74. The number of benzene rings is 1. The van der Waals surface area contributed by atoms with E-state index in [1.54, 1.807) is 6.08 Å². The molecule has 1 N–H and O–H groups in total. The SMILES string of the molecule is CCCC(=CCCCC1(C)CCc2c(C)c(O)c(C)c(C)c2O1)[N+](=O)[O-]. The monoisotopic (exact) mass is 361 g/mol. The van der Waals surface area contributed by atoms with Gasteiger partial charge in [-0.1, -0.05) is 6.92 Å². The van der Waals surface area contributed by atoms with E-state index in [4.69, 9.17) is 4.74 Å². The summed E-state index contributed by atoms with van der Waals surface area (Å²) < 4.78 is 6.40. The summed E-state index contributed by atoms with van der Waals surface area (Å²) in [5.74, 6) is 1.29. The van der Waals surface area contributed by atoms with Crippen molar-refractivity contribution in [2.45, 2.75) is 85.2 Å². The number of nitro groups is 1. The van der Waals surface area contributed by atoms with Crippen LogP contribution in [-0.2, 0) is 6.42 Å². The van der Waals surface area contributed by atoms with E-state index in [0.29, 0.717) is 24.3 Å². The molecule has 1 aliphatic rings. The summed E-state index contributed by atoms with van der Waals surface area (Å²) >= 11 is 0. The third-order valence-electron chi connectivity index (χ3n) is 5.62. The van der Waals surface area contributed by atoms with Crippen LogP contribution in [-0.4, -0.2) is 15.6 Å². The van der Waals surface area contributed by atoms with Crippen molar-refractivity contribution in [3.63, 3.8) is 0 Å². The second-order valence-corrected chi connectivity index (χ2v) is 7.68. The molecule has 0 aliphatic carbocycles. The molecule has 5 nitrogen and oxygen atoms in total. The van der Waals surface area contributed by atoms with E-state index in [0.717, 1.165) is 60.1 Å². The Bertz CT molecular complexity index is 723. The summed E-state index contributed by atoms with van der Waals surface area (Å²) in [6.45, 7) is 9.94. The highest BCUT2D eigenvalue weighted by molar-refractivity contribution is 5.58. The van der Waals surface area contributed by atoms with Crippen LogP contribution in [0.5, 0.6) is 11.5 Å². The largest absolute Gasteiger partial charge is 0.507 e. The zero-order valence-corrected chi connectivity index (χ0v) is 16.6. The number of hydrogen-bond acceptors (Lipinski definition) is 4. The Kier molecular flexibility index (Phi) is 6.32. The minimum absolute atomic E-state index is 0.263. The van der Waals surface area contributed by atoms with E-state index in [-0.39, 0.29) is 10.5 Å². The van der Waals surface area contributed by atoms with Gasteiger partial charge in [0.15, 0.2) is 0 Å². The van der Waals surface area contributed by atoms with Gasteiger partial charge in [0.05, 0.1) is 4.92 Å². The zero-order valence-electron chi connectivity index (χ0n) is 16.6. The fourth-order valence-corrected chi connectivity index (χ4v) is 3.74. The van der Waals surface area contributed by atoms with Crippen molar-refractivity contribution < 1.29 is 14.8 Å². The van der Waals surface area contributed by atoms with E-state index in [1.807, 2.05) is 27.7 Å². The van der Waals surface area contributed by atoms with Crippen LogP contribution in [0.4, 0.5) is 0 Å². The number of phenolic OH excluding ortho intramolecular Hbond substituents is 1. The molecule has 0 spiro atoms. The molecule has 1 atom stereocenters. The smallest absolute Gasteiger partial charge is 0.242 e. The number of unbranched alkanes of at least 4 members (excludes halogenated alkanes) is 1. The summed E-state index contributed by atoms with van der Waals surface area (Å²) in [7, 11) is 0. The Hall–Kier alpha value is -2.04. The van der Waals surface area contributed by atoms with Gasteiger partial charge in [-0.25, -0.2) is 0 Å². The van der Waals surface area contributed by atoms with Gasteiger partial charge in [-0.3, -0.25) is 10.1 Å². The highest BCUT2D eigenvalue weighted by Gasteiger charge is 2.34. The van der Waals surface area contributed by atoms with E-state index in [2.05, 4.69) is 6.92 Å². The van der Waals surface area contributed by atoms with Crippen molar-refractivity contribution in [2.24, 2.45) is 0 Å². The summed E-state index contributed by atoms with van der Waals surface area (Å²) in [4.78, 5) is 10.7. The molecular weight excluding hydrogens is 330 g/mol. The van der Waals surface area contributed by atoms with Crippen LogP contribution in [0.1, 0.15) is 74.6 Å². The van der Waals surface area contributed by atoms with Gasteiger partial charge in [-0.15, -0.1) is 0 Å². The van der Waals surface area contributed by atoms with Gasteiger partial charge in [0.25, 0.3) is 0 Å². The molecule has 144 valence electrons. The lowest BCUT2D eigenvalue weighted by Crippen LogP contribution is -2.37. The molecule has 26 heavy (non-hydrogen) atoms. The average molecular weight is 361 g/mol. The van der Waals surface area contributed by atoms with E-state index >= 15 is 0 Å². The van der Waals surface area contributed by atoms with Gasteiger partial charge in [-0.2, -0.15) is 0 Å². The van der Waals surface area contributed by atoms with Gasteiger partial charge in [-0.05, 0) is 89.0 Å². The number of phenols is 1. The van der Waals surface area contributed by atoms with Crippen molar-refractivity contribution >= 4 is 0 Å². The van der Waals surface area contributed by atoms with Crippen LogP contribution in [0.15, 0.2) is 11.8 Å². The van der Waals surface area contributed by atoms with Crippen LogP contribution in [0.25, 0.3) is 0 Å². The molecule has 1 aromatic carbocycles. The Morgan fingerprint density at radius 1 is 1.31 bits per heavy atom. The molecule has 1 heterocycles. The molecule has 0 bridgehead atoms. The highest BCUT2D eigenvalue weighted by Crippen LogP contribution is 2.44. The van der Waals surface area contributed by atoms with Crippen LogP contribution in [0.3, 0.4) is 0 Å². The predicted molar refractivity (Wildman–Crippen MR) is 104 cm³/mol. The van der Waals surface area contributed by atoms with Crippen LogP contribution in [0, 0.1) is 30.9 Å². The molecule has 0 saturated heterocycles. The number of fused-ring (bicyclic) bond motifs is 1. The van der Waals surface area contributed by atoms with Crippen LogP contribution >= 0.6 is 0 Å². The van der Waals surface area contributed by atoms with Gasteiger partial charge in [0.2, 0.25) is 5.70 Å². The Morgan fingerprint density at radius 3 is 2.62 bits per heavy atom. The molecule has 0 amide bonds. The van der Waals surface area contributed by atoms with Gasteiger partial charge >= 0.3 is 0 Å². The molecule has 1 aliphatic heterocycles. The standard InChI is InChI=1S/C21H31NO4/c1-6-9-17(22(24)25)10-7-8-12-21(5)13-11-18-16(4)19(23)14(2)15(3)20(18)26-21/h10,23H,6-9,11-13H2,1-5H3. The molecular formula is C21H31NO4. The maximum Gasteiger partial charge on any atom is 0.242 e. The lowest BCUT2D eigenvalue weighted by Gasteiger charge is -2.38.